The molecule has 2 aliphatic heterocycles. The number of methoxy groups -OCH3 is 1. The van der Waals surface area contributed by atoms with E-state index in [0.717, 1.165) is 13.1 Å². The van der Waals surface area contributed by atoms with Gasteiger partial charge in [-0.3, -0.25) is 0 Å². The third kappa shape index (κ3) is 2.64. The smallest absolute Gasteiger partial charge is 0.244 e. The minimum atomic E-state index is -3.63. The van der Waals surface area contributed by atoms with Crippen LogP contribution in [0.4, 0.5) is 0 Å². The van der Waals surface area contributed by atoms with E-state index in [1.807, 2.05) is 0 Å². The van der Waals surface area contributed by atoms with E-state index in [1.165, 1.54) is 23.5 Å². The van der Waals surface area contributed by atoms with Gasteiger partial charge in [-0.2, -0.15) is 4.31 Å². The van der Waals surface area contributed by atoms with Crippen molar-refractivity contribution in [3.63, 3.8) is 0 Å². The first kappa shape index (κ1) is 15.4. The van der Waals surface area contributed by atoms with Gasteiger partial charge in [0.05, 0.1) is 17.2 Å². The van der Waals surface area contributed by atoms with Crippen molar-refractivity contribution >= 4 is 33.2 Å². The van der Waals surface area contributed by atoms with E-state index in [-0.39, 0.29) is 14.9 Å². The standard InChI is InChI=1S/C13H16Cl2N2O3S/c1-20-12-2-11(15)13(3-10(12)14)21(18,19)17-6-8-4-16-5-9(8)7-17/h2-3,8-9,16H,4-7H2,1H3/t8-,9+. The normalized spacial score (nSPS) is 26.0. The Morgan fingerprint density at radius 3 is 2.38 bits per heavy atom. The minimum Gasteiger partial charge on any atom is -0.495 e. The molecule has 3 rings (SSSR count). The molecule has 2 fully saturated rings. The van der Waals surface area contributed by atoms with Crippen LogP contribution in [0.25, 0.3) is 0 Å². The fourth-order valence-corrected chi connectivity index (χ4v) is 5.39. The average Bonchev–Trinajstić information content (AvgIpc) is 3.01. The van der Waals surface area contributed by atoms with E-state index < -0.39 is 10.0 Å². The molecule has 0 saturated carbocycles. The summed E-state index contributed by atoms with van der Waals surface area (Å²) in [7, 11) is -2.17. The SMILES string of the molecule is COc1cc(Cl)c(S(=O)(=O)N2C[C@H]3CNC[C@H]3C2)cc1Cl. The highest BCUT2D eigenvalue weighted by Gasteiger charge is 2.42. The zero-order chi connectivity index (χ0) is 15.2. The fraction of sp³-hybridized carbons (Fsp3) is 0.538. The summed E-state index contributed by atoms with van der Waals surface area (Å²) < 4.78 is 32.1. The predicted molar refractivity (Wildman–Crippen MR) is 81.6 cm³/mol. The van der Waals surface area contributed by atoms with E-state index in [9.17, 15) is 8.42 Å². The molecule has 5 nitrogen and oxygen atoms in total. The highest BCUT2D eigenvalue weighted by atomic mass is 35.5. The number of halogens is 2. The number of sulfonamides is 1. The van der Waals surface area contributed by atoms with E-state index in [2.05, 4.69) is 5.32 Å². The summed E-state index contributed by atoms with van der Waals surface area (Å²) >= 11 is 12.1. The molecule has 2 heterocycles. The van der Waals surface area contributed by atoms with Crippen LogP contribution in [-0.2, 0) is 10.0 Å². The Hall–Kier alpha value is -0.530. The van der Waals surface area contributed by atoms with Gasteiger partial charge in [0.25, 0.3) is 0 Å². The maximum atomic E-state index is 12.8. The molecule has 0 spiro atoms. The third-order valence-corrected chi connectivity index (χ3v) is 6.77. The summed E-state index contributed by atoms with van der Waals surface area (Å²) in [5, 5.41) is 3.65. The third-order valence-electron chi connectivity index (χ3n) is 4.18. The lowest BCUT2D eigenvalue weighted by Gasteiger charge is -2.19. The molecule has 1 aromatic carbocycles. The largest absolute Gasteiger partial charge is 0.495 e. The lowest BCUT2D eigenvalue weighted by Crippen LogP contribution is -2.32. The van der Waals surface area contributed by atoms with Crippen molar-refractivity contribution in [3.8, 4) is 5.75 Å². The zero-order valence-electron chi connectivity index (χ0n) is 11.5. The van der Waals surface area contributed by atoms with Gasteiger partial charge in [-0.15, -0.1) is 0 Å². The Labute approximate surface area is 134 Å². The van der Waals surface area contributed by atoms with Gasteiger partial charge in [0.2, 0.25) is 10.0 Å². The van der Waals surface area contributed by atoms with Crippen molar-refractivity contribution < 1.29 is 13.2 Å². The number of fused-ring (bicyclic) bond motifs is 1. The van der Waals surface area contributed by atoms with E-state index in [0.29, 0.717) is 30.7 Å². The van der Waals surface area contributed by atoms with Gasteiger partial charge < -0.3 is 10.1 Å². The number of nitrogens with one attached hydrogen (secondary N) is 1. The minimum absolute atomic E-state index is 0.0444. The molecule has 1 aromatic rings. The number of ether oxygens (including phenoxy) is 1. The Morgan fingerprint density at radius 2 is 1.81 bits per heavy atom. The Morgan fingerprint density at radius 1 is 1.19 bits per heavy atom. The van der Waals surface area contributed by atoms with Crippen LogP contribution < -0.4 is 10.1 Å². The van der Waals surface area contributed by atoms with Crippen molar-refractivity contribution in [2.45, 2.75) is 4.90 Å². The molecule has 2 atom stereocenters. The van der Waals surface area contributed by atoms with Gasteiger partial charge in [0.15, 0.2) is 0 Å². The molecule has 0 aromatic heterocycles. The maximum Gasteiger partial charge on any atom is 0.244 e. The van der Waals surface area contributed by atoms with Gasteiger partial charge in [-0.25, -0.2) is 8.42 Å². The first-order valence-corrected chi connectivity index (χ1v) is 8.87. The lowest BCUT2D eigenvalue weighted by molar-refractivity contribution is 0.414. The molecule has 0 radical (unpaired) electrons. The van der Waals surface area contributed by atoms with Crippen molar-refractivity contribution in [3.05, 3.63) is 22.2 Å². The number of hydrogen-bond donors (Lipinski definition) is 1. The van der Waals surface area contributed by atoms with Crippen LogP contribution in [0.15, 0.2) is 17.0 Å². The van der Waals surface area contributed by atoms with Gasteiger partial charge >= 0.3 is 0 Å². The first-order chi connectivity index (χ1) is 9.93. The molecular weight excluding hydrogens is 335 g/mol. The predicted octanol–water partition coefficient (Wildman–Crippen LogP) is 1.84. The molecule has 2 saturated heterocycles. The molecule has 21 heavy (non-hydrogen) atoms. The monoisotopic (exact) mass is 350 g/mol. The summed E-state index contributed by atoms with van der Waals surface area (Å²) in [5.74, 6) is 1.13. The molecular formula is C13H16Cl2N2O3S. The van der Waals surface area contributed by atoms with Gasteiger partial charge in [-0.1, -0.05) is 23.2 Å². The highest BCUT2D eigenvalue weighted by molar-refractivity contribution is 7.89. The first-order valence-electron chi connectivity index (χ1n) is 6.67. The molecule has 0 bridgehead atoms. The van der Waals surface area contributed by atoms with Crippen molar-refractivity contribution in [2.75, 3.05) is 33.3 Å². The second-order valence-electron chi connectivity index (χ2n) is 5.42. The number of benzene rings is 1. The molecule has 0 aliphatic carbocycles. The summed E-state index contributed by atoms with van der Waals surface area (Å²) in [6.45, 7) is 2.79. The Bertz CT molecular complexity index is 654. The van der Waals surface area contributed by atoms with Crippen molar-refractivity contribution in [1.29, 1.82) is 0 Å². The van der Waals surface area contributed by atoms with E-state index in [4.69, 9.17) is 27.9 Å². The number of rotatable bonds is 3. The zero-order valence-corrected chi connectivity index (χ0v) is 13.8. The lowest BCUT2D eigenvalue weighted by atomic mass is 10.0. The summed E-state index contributed by atoms with van der Waals surface area (Å²) in [6.07, 6.45) is 0. The quantitative estimate of drug-likeness (QED) is 0.903. The molecule has 8 heteroatoms. The molecule has 0 amide bonds. The van der Waals surface area contributed by atoms with Crippen LogP contribution >= 0.6 is 23.2 Å². The van der Waals surface area contributed by atoms with Crippen LogP contribution in [0, 0.1) is 11.8 Å². The van der Waals surface area contributed by atoms with E-state index in [1.54, 1.807) is 0 Å². The van der Waals surface area contributed by atoms with Gasteiger partial charge in [0.1, 0.15) is 10.6 Å². The van der Waals surface area contributed by atoms with E-state index >= 15 is 0 Å². The average molecular weight is 351 g/mol. The van der Waals surface area contributed by atoms with Crippen LogP contribution in [0.5, 0.6) is 5.75 Å². The Kier molecular flexibility index (Phi) is 4.09. The summed E-state index contributed by atoms with van der Waals surface area (Å²) in [5.41, 5.74) is 0. The van der Waals surface area contributed by atoms with Crippen LogP contribution in [0.3, 0.4) is 0 Å². The van der Waals surface area contributed by atoms with Crippen LogP contribution in [-0.4, -0.2) is 46.0 Å². The van der Waals surface area contributed by atoms with Gasteiger partial charge in [-0.05, 0) is 31.0 Å². The molecule has 2 aliphatic rings. The summed E-state index contributed by atoms with van der Waals surface area (Å²) in [4.78, 5) is 0.0444. The summed E-state index contributed by atoms with van der Waals surface area (Å²) in [6, 6.07) is 2.81. The second-order valence-corrected chi connectivity index (χ2v) is 8.14. The Balaban J connectivity index is 1.94. The number of nitrogens with zero attached hydrogens (tertiary/aromatic N) is 1. The maximum absolute atomic E-state index is 12.8. The topological polar surface area (TPSA) is 58.6 Å². The molecule has 116 valence electrons. The van der Waals surface area contributed by atoms with Gasteiger partial charge in [0, 0.05) is 19.2 Å². The second kappa shape index (κ2) is 5.59. The highest BCUT2D eigenvalue weighted by Crippen LogP contribution is 2.37. The van der Waals surface area contributed by atoms with Crippen LogP contribution in [0.1, 0.15) is 0 Å². The van der Waals surface area contributed by atoms with Crippen LogP contribution in [0.2, 0.25) is 10.0 Å². The number of hydrogen-bond acceptors (Lipinski definition) is 4. The van der Waals surface area contributed by atoms with Crippen molar-refractivity contribution in [1.82, 2.24) is 9.62 Å². The molecule has 1 N–H and O–H groups in total. The fourth-order valence-electron chi connectivity index (χ4n) is 3.01. The van der Waals surface area contributed by atoms with Crippen molar-refractivity contribution in [2.24, 2.45) is 11.8 Å². The molecule has 0 unspecified atom stereocenters.